The lowest BCUT2D eigenvalue weighted by Gasteiger charge is -2.13. The summed E-state index contributed by atoms with van der Waals surface area (Å²) >= 11 is 1.92. The lowest BCUT2D eigenvalue weighted by molar-refractivity contribution is 0.545. The number of hydrogen-bond donors (Lipinski definition) is 1. The predicted molar refractivity (Wildman–Crippen MR) is 85.8 cm³/mol. The molecule has 0 bridgehead atoms. The number of benzene rings is 1. The molecule has 1 aromatic carbocycles. The van der Waals surface area contributed by atoms with E-state index in [2.05, 4.69) is 62.5 Å². The van der Waals surface area contributed by atoms with E-state index in [-0.39, 0.29) is 0 Å². The second kappa shape index (κ2) is 6.88. The van der Waals surface area contributed by atoms with E-state index in [1.165, 1.54) is 20.9 Å². The first kappa shape index (κ1) is 14.3. The third-order valence-electron chi connectivity index (χ3n) is 3.45. The maximum absolute atomic E-state index is 3.55. The van der Waals surface area contributed by atoms with E-state index in [1.54, 1.807) is 0 Å². The van der Waals surface area contributed by atoms with Crippen LogP contribution in [0, 0.1) is 0 Å². The van der Waals surface area contributed by atoms with Gasteiger partial charge < -0.3 is 5.32 Å². The molecule has 1 N–H and O–H groups in total. The van der Waals surface area contributed by atoms with Gasteiger partial charge in [-0.2, -0.15) is 0 Å². The molecule has 0 spiro atoms. The molecule has 2 heteroatoms. The van der Waals surface area contributed by atoms with Gasteiger partial charge in [0.25, 0.3) is 0 Å². The first-order chi connectivity index (χ1) is 9.28. The number of thiophene rings is 1. The minimum Gasteiger partial charge on any atom is -0.310 e. The van der Waals surface area contributed by atoms with Crippen LogP contribution in [0.1, 0.15) is 43.7 Å². The Bertz CT molecular complexity index is 515. The number of nitrogens with one attached hydrogen (secondary N) is 1. The average Bonchev–Trinajstić information content (AvgIpc) is 2.94. The van der Waals surface area contributed by atoms with Gasteiger partial charge in [0, 0.05) is 15.8 Å². The van der Waals surface area contributed by atoms with Gasteiger partial charge in [-0.05, 0) is 42.6 Å². The summed E-state index contributed by atoms with van der Waals surface area (Å²) < 4.78 is 0. The monoisotopic (exact) mass is 273 g/mol. The van der Waals surface area contributed by atoms with E-state index >= 15 is 0 Å². The smallest absolute Gasteiger partial charge is 0.0412 e. The van der Waals surface area contributed by atoms with Crippen LogP contribution < -0.4 is 5.32 Å². The Morgan fingerprint density at radius 2 is 1.95 bits per heavy atom. The van der Waals surface area contributed by atoms with Crippen molar-refractivity contribution in [2.45, 2.75) is 39.7 Å². The topological polar surface area (TPSA) is 12.0 Å². The Hall–Kier alpha value is -1.12. The van der Waals surface area contributed by atoms with Crippen LogP contribution in [-0.2, 0) is 6.42 Å². The predicted octanol–water partition coefficient (Wildman–Crippen LogP) is 5.04. The molecule has 0 radical (unpaired) electrons. The first-order valence-electron chi connectivity index (χ1n) is 7.20. The Morgan fingerprint density at radius 3 is 2.63 bits per heavy atom. The molecule has 0 aliphatic heterocycles. The number of rotatable bonds is 6. The molecule has 0 amide bonds. The van der Waals surface area contributed by atoms with Crippen molar-refractivity contribution in [3.8, 4) is 10.4 Å². The van der Waals surface area contributed by atoms with Crippen molar-refractivity contribution in [1.29, 1.82) is 0 Å². The Kier molecular flexibility index (Phi) is 5.17. The summed E-state index contributed by atoms with van der Waals surface area (Å²) in [6, 6.07) is 13.9. The highest BCUT2D eigenvalue weighted by Crippen LogP contribution is 2.32. The first-order valence-corrected chi connectivity index (χ1v) is 8.02. The highest BCUT2D eigenvalue weighted by atomic mass is 32.1. The second-order valence-electron chi connectivity index (χ2n) is 4.77. The van der Waals surface area contributed by atoms with Crippen molar-refractivity contribution in [2.24, 2.45) is 0 Å². The van der Waals surface area contributed by atoms with Gasteiger partial charge >= 0.3 is 0 Å². The van der Waals surface area contributed by atoms with E-state index < -0.39 is 0 Å². The van der Waals surface area contributed by atoms with Crippen LogP contribution in [0.25, 0.3) is 10.4 Å². The van der Waals surface area contributed by atoms with Crippen LogP contribution >= 0.6 is 11.3 Å². The van der Waals surface area contributed by atoms with Crippen molar-refractivity contribution in [1.82, 2.24) is 5.32 Å². The molecule has 0 saturated heterocycles. The van der Waals surface area contributed by atoms with Crippen LogP contribution in [0.4, 0.5) is 0 Å². The van der Waals surface area contributed by atoms with Gasteiger partial charge in [-0.1, -0.05) is 45.0 Å². The zero-order valence-corrected chi connectivity index (χ0v) is 12.9. The van der Waals surface area contributed by atoms with Crippen molar-refractivity contribution < 1.29 is 0 Å². The van der Waals surface area contributed by atoms with Crippen LogP contribution in [0.5, 0.6) is 0 Å². The third kappa shape index (κ3) is 3.46. The fourth-order valence-electron chi connectivity index (χ4n) is 2.33. The molecule has 19 heavy (non-hydrogen) atoms. The van der Waals surface area contributed by atoms with Gasteiger partial charge in [-0.25, -0.2) is 0 Å². The normalized spacial score (nSPS) is 12.6. The van der Waals surface area contributed by atoms with Crippen molar-refractivity contribution in [3.63, 3.8) is 0 Å². The maximum atomic E-state index is 3.55. The summed E-state index contributed by atoms with van der Waals surface area (Å²) in [5.41, 5.74) is 2.76. The molecular formula is C17H23NS. The van der Waals surface area contributed by atoms with Crippen molar-refractivity contribution in [3.05, 3.63) is 46.8 Å². The summed E-state index contributed by atoms with van der Waals surface area (Å²) in [5, 5.41) is 3.55. The van der Waals surface area contributed by atoms with Crippen molar-refractivity contribution in [2.75, 3.05) is 6.54 Å². The molecule has 0 aliphatic carbocycles. The number of hydrogen-bond acceptors (Lipinski definition) is 2. The summed E-state index contributed by atoms with van der Waals surface area (Å²) in [5.74, 6) is 0. The molecule has 0 aliphatic rings. The third-order valence-corrected chi connectivity index (χ3v) is 4.70. The average molecular weight is 273 g/mol. The summed E-state index contributed by atoms with van der Waals surface area (Å²) in [7, 11) is 0. The minimum atomic E-state index is 0.498. The summed E-state index contributed by atoms with van der Waals surface area (Å²) in [6.07, 6.45) is 2.24. The van der Waals surface area contributed by atoms with E-state index in [9.17, 15) is 0 Å². The quantitative estimate of drug-likeness (QED) is 0.777. The second-order valence-corrected chi connectivity index (χ2v) is 5.89. The molecule has 102 valence electrons. The molecule has 1 aromatic heterocycles. The van der Waals surface area contributed by atoms with Gasteiger partial charge in [-0.15, -0.1) is 11.3 Å². The molecule has 1 atom stereocenters. The molecule has 1 unspecified atom stereocenters. The van der Waals surface area contributed by atoms with Crippen LogP contribution in [0.2, 0.25) is 0 Å². The van der Waals surface area contributed by atoms with Gasteiger partial charge in [0.15, 0.2) is 0 Å². The SMILES string of the molecule is CCNC(CC)c1ccc(-c2cccc(CC)c2)s1. The van der Waals surface area contributed by atoms with Crippen LogP contribution in [0.3, 0.4) is 0 Å². The van der Waals surface area contributed by atoms with Gasteiger partial charge in [0.1, 0.15) is 0 Å². The largest absolute Gasteiger partial charge is 0.310 e. The maximum Gasteiger partial charge on any atom is 0.0412 e. The van der Waals surface area contributed by atoms with Crippen LogP contribution in [0.15, 0.2) is 36.4 Å². The molecule has 2 rings (SSSR count). The molecule has 2 aromatic rings. The summed E-state index contributed by atoms with van der Waals surface area (Å²) in [6.45, 7) is 7.64. The Labute approximate surface area is 120 Å². The van der Waals surface area contributed by atoms with Gasteiger partial charge in [0.2, 0.25) is 0 Å². The molecular weight excluding hydrogens is 250 g/mol. The van der Waals surface area contributed by atoms with E-state index in [1.807, 2.05) is 11.3 Å². The molecule has 1 heterocycles. The highest BCUT2D eigenvalue weighted by molar-refractivity contribution is 7.15. The van der Waals surface area contributed by atoms with E-state index in [0.29, 0.717) is 6.04 Å². The molecule has 0 saturated carbocycles. The lowest BCUT2D eigenvalue weighted by Crippen LogP contribution is -2.18. The Morgan fingerprint density at radius 1 is 1.11 bits per heavy atom. The zero-order chi connectivity index (χ0) is 13.7. The van der Waals surface area contributed by atoms with Gasteiger partial charge in [0.05, 0.1) is 0 Å². The van der Waals surface area contributed by atoms with E-state index in [0.717, 1.165) is 19.4 Å². The molecule has 0 fully saturated rings. The van der Waals surface area contributed by atoms with Gasteiger partial charge in [-0.3, -0.25) is 0 Å². The standard InChI is InChI=1S/C17H23NS/c1-4-13-8-7-9-14(12-13)16-10-11-17(19-16)15(5-2)18-6-3/h7-12,15,18H,4-6H2,1-3H3. The lowest BCUT2D eigenvalue weighted by atomic mass is 10.1. The highest BCUT2D eigenvalue weighted by Gasteiger charge is 2.11. The van der Waals surface area contributed by atoms with E-state index in [4.69, 9.17) is 0 Å². The fraction of sp³-hybridized carbons (Fsp3) is 0.412. The fourth-order valence-corrected chi connectivity index (χ4v) is 3.50. The Balaban J connectivity index is 2.24. The van der Waals surface area contributed by atoms with Crippen molar-refractivity contribution >= 4 is 11.3 Å². The van der Waals surface area contributed by atoms with Crippen LogP contribution in [-0.4, -0.2) is 6.54 Å². The zero-order valence-electron chi connectivity index (χ0n) is 12.1. The minimum absolute atomic E-state index is 0.498. The summed E-state index contributed by atoms with van der Waals surface area (Å²) in [4.78, 5) is 2.82. The molecule has 1 nitrogen and oxygen atoms in total. The number of aryl methyl sites for hydroxylation is 1.